The van der Waals surface area contributed by atoms with Crippen LogP contribution < -0.4 is 0 Å². The van der Waals surface area contributed by atoms with Gasteiger partial charge in [-0.1, -0.05) is 5.16 Å². The number of aromatic nitrogens is 1. The van der Waals surface area contributed by atoms with Crippen LogP contribution in [0.1, 0.15) is 37.6 Å². The van der Waals surface area contributed by atoms with E-state index in [9.17, 15) is 9.90 Å². The number of carbonyl (C=O) groups excluding carboxylic acids is 1. The SMILES string of the molecule is CCOC(=O)CN1CCC2(CCN(Cc3cc(C)no3)CC2)[C@@H](CO)C1. The number of esters is 1. The number of likely N-dealkylation sites (tertiary alicyclic amines) is 2. The molecule has 3 rings (SSSR count). The number of aryl methyl sites for hydroxylation is 1. The molecule has 7 heteroatoms. The van der Waals surface area contributed by atoms with E-state index in [1.54, 1.807) is 0 Å². The summed E-state index contributed by atoms with van der Waals surface area (Å²) in [7, 11) is 0. The Bertz CT molecular complexity index is 595. The molecule has 0 bridgehead atoms. The molecule has 1 N–H and O–H groups in total. The van der Waals surface area contributed by atoms with Crippen LogP contribution >= 0.6 is 0 Å². The number of ether oxygens (including phenoxy) is 1. The second-order valence-corrected chi connectivity index (χ2v) is 7.74. The second kappa shape index (κ2) is 8.50. The third kappa shape index (κ3) is 4.45. The molecule has 26 heavy (non-hydrogen) atoms. The van der Waals surface area contributed by atoms with Crippen LogP contribution in [0.4, 0.5) is 0 Å². The fourth-order valence-electron chi connectivity index (χ4n) is 4.49. The van der Waals surface area contributed by atoms with Gasteiger partial charge >= 0.3 is 5.97 Å². The van der Waals surface area contributed by atoms with E-state index in [0.717, 1.165) is 63.4 Å². The average Bonchev–Trinajstić information content (AvgIpc) is 3.04. The number of aliphatic hydroxyl groups excluding tert-OH is 1. The van der Waals surface area contributed by atoms with E-state index in [2.05, 4.69) is 15.0 Å². The fraction of sp³-hybridized carbons (Fsp3) is 0.789. The van der Waals surface area contributed by atoms with E-state index in [0.29, 0.717) is 13.2 Å². The van der Waals surface area contributed by atoms with Crippen LogP contribution in [0, 0.1) is 18.3 Å². The van der Waals surface area contributed by atoms with Crippen molar-refractivity contribution in [1.82, 2.24) is 15.0 Å². The molecule has 0 amide bonds. The Morgan fingerprint density at radius 1 is 1.35 bits per heavy atom. The molecule has 146 valence electrons. The van der Waals surface area contributed by atoms with Gasteiger partial charge in [-0.3, -0.25) is 14.6 Å². The summed E-state index contributed by atoms with van der Waals surface area (Å²) in [6.45, 7) is 9.19. The molecule has 7 nitrogen and oxygen atoms in total. The van der Waals surface area contributed by atoms with Gasteiger partial charge in [0, 0.05) is 25.1 Å². The van der Waals surface area contributed by atoms with Crippen LogP contribution in [-0.4, -0.2) is 72.0 Å². The van der Waals surface area contributed by atoms with Gasteiger partial charge in [0.1, 0.15) is 0 Å². The first-order valence-corrected chi connectivity index (χ1v) is 9.68. The van der Waals surface area contributed by atoms with E-state index in [-0.39, 0.29) is 23.9 Å². The number of carbonyl (C=O) groups is 1. The lowest BCUT2D eigenvalue weighted by Crippen LogP contribution is -2.54. The maximum atomic E-state index is 11.7. The van der Waals surface area contributed by atoms with Crippen LogP contribution in [0.25, 0.3) is 0 Å². The normalized spacial score (nSPS) is 24.0. The highest BCUT2D eigenvalue weighted by Gasteiger charge is 2.44. The Labute approximate surface area is 155 Å². The van der Waals surface area contributed by atoms with Crippen LogP contribution in [0.3, 0.4) is 0 Å². The van der Waals surface area contributed by atoms with Crippen LogP contribution in [-0.2, 0) is 16.1 Å². The van der Waals surface area contributed by atoms with E-state index >= 15 is 0 Å². The molecule has 3 heterocycles. The van der Waals surface area contributed by atoms with Crippen LogP contribution in [0.2, 0.25) is 0 Å². The molecule has 2 aliphatic heterocycles. The van der Waals surface area contributed by atoms with E-state index in [1.807, 2.05) is 19.9 Å². The molecule has 0 aliphatic carbocycles. The van der Waals surface area contributed by atoms with E-state index < -0.39 is 0 Å². The molecular formula is C19H31N3O4. The Morgan fingerprint density at radius 2 is 2.04 bits per heavy atom. The number of piperidine rings is 2. The number of hydrogen-bond donors (Lipinski definition) is 1. The standard InChI is InChI=1S/C19H31N3O4/c1-3-25-18(24)13-22-9-6-19(16(11-22)14-23)4-7-21(8-5-19)12-17-10-15(2)20-26-17/h10,16,23H,3-9,11-14H2,1-2H3/t16-/m1/s1. The summed E-state index contributed by atoms with van der Waals surface area (Å²) in [5.41, 5.74) is 1.11. The molecule has 0 radical (unpaired) electrons. The van der Waals surface area contributed by atoms with Crippen molar-refractivity contribution >= 4 is 5.97 Å². The number of rotatable bonds is 6. The average molecular weight is 365 g/mol. The molecule has 1 aromatic heterocycles. The lowest BCUT2D eigenvalue weighted by Gasteiger charge is -2.51. The van der Waals surface area contributed by atoms with Crippen molar-refractivity contribution in [2.24, 2.45) is 11.3 Å². The third-order valence-electron chi connectivity index (χ3n) is 6.06. The van der Waals surface area contributed by atoms with E-state index in [4.69, 9.17) is 9.26 Å². The van der Waals surface area contributed by atoms with Gasteiger partial charge < -0.3 is 14.4 Å². The predicted octanol–water partition coefficient (Wildman–Crippen LogP) is 1.44. The van der Waals surface area contributed by atoms with Crippen molar-refractivity contribution in [3.8, 4) is 0 Å². The van der Waals surface area contributed by atoms with Crippen molar-refractivity contribution in [3.63, 3.8) is 0 Å². The summed E-state index contributed by atoms with van der Waals surface area (Å²) in [6.07, 6.45) is 3.20. The first-order chi connectivity index (χ1) is 12.5. The van der Waals surface area contributed by atoms with Crippen LogP contribution in [0.5, 0.6) is 0 Å². The smallest absolute Gasteiger partial charge is 0.320 e. The molecule has 0 saturated carbocycles. The first-order valence-electron chi connectivity index (χ1n) is 9.68. The molecule has 2 fully saturated rings. The van der Waals surface area contributed by atoms with Gasteiger partial charge in [0.25, 0.3) is 0 Å². The van der Waals surface area contributed by atoms with Gasteiger partial charge in [-0.2, -0.15) is 0 Å². The summed E-state index contributed by atoms with van der Waals surface area (Å²) in [6, 6.07) is 1.99. The lowest BCUT2D eigenvalue weighted by molar-refractivity contribution is -0.146. The number of nitrogens with zero attached hydrogens (tertiary/aromatic N) is 3. The highest BCUT2D eigenvalue weighted by atomic mass is 16.5. The minimum atomic E-state index is -0.169. The Hall–Kier alpha value is -1.44. The van der Waals surface area contributed by atoms with Gasteiger partial charge in [-0.25, -0.2) is 0 Å². The molecule has 2 saturated heterocycles. The summed E-state index contributed by atoms with van der Waals surface area (Å²) < 4.78 is 10.4. The molecular weight excluding hydrogens is 334 g/mol. The summed E-state index contributed by atoms with van der Waals surface area (Å²) in [5, 5.41) is 13.9. The Kier molecular flexibility index (Phi) is 6.32. The second-order valence-electron chi connectivity index (χ2n) is 7.74. The highest BCUT2D eigenvalue weighted by molar-refractivity contribution is 5.71. The van der Waals surface area contributed by atoms with Crippen molar-refractivity contribution in [3.05, 3.63) is 17.5 Å². The van der Waals surface area contributed by atoms with Gasteiger partial charge in [0.05, 0.1) is 25.4 Å². The summed E-state index contributed by atoms with van der Waals surface area (Å²) in [4.78, 5) is 16.3. The zero-order valence-corrected chi connectivity index (χ0v) is 15.9. The Balaban J connectivity index is 1.53. The molecule has 2 aliphatic rings. The molecule has 1 spiro atoms. The predicted molar refractivity (Wildman–Crippen MR) is 96.4 cm³/mol. The maximum Gasteiger partial charge on any atom is 0.320 e. The molecule has 1 atom stereocenters. The summed E-state index contributed by atoms with van der Waals surface area (Å²) in [5.74, 6) is 0.971. The minimum Gasteiger partial charge on any atom is -0.465 e. The van der Waals surface area contributed by atoms with E-state index in [1.165, 1.54) is 0 Å². The van der Waals surface area contributed by atoms with Crippen molar-refractivity contribution < 1.29 is 19.2 Å². The molecule has 0 unspecified atom stereocenters. The van der Waals surface area contributed by atoms with Crippen molar-refractivity contribution in [1.29, 1.82) is 0 Å². The maximum absolute atomic E-state index is 11.7. The zero-order valence-electron chi connectivity index (χ0n) is 15.9. The monoisotopic (exact) mass is 365 g/mol. The van der Waals surface area contributed by atoms with Crippen molar-refractivity contribution in [2.75, 3.05) is 45.9 Å². The Morgan fingerprint density at radius 3 is 2.62 bits per heavy atom. The lowest BCUT2D eigenvalue weighted by atomic mass is 9.64. The zero-order chi connectivity index (χ0) is 18.6. The van der Waals surface area contributed by atoms with Crippen molar-refractivity contribution in [2.45, 2.75) is 39.7 Å². The van der Waals surface area contributed by atoms with Crippen LogP contribution in [0.15, 0.2) is 10.6 Å². The topological polar surface area (TPSA) is 79.0 Å². The highest BCUT2D eigenvalue weighted by Crippen LogP contribution is 2.45. The third-order valence-corrected chi connectivity index (χ3v) is 6.06. The molecule has 0 aromatic carbocycles. The van der Waals surface area contributed by atoms with Gasteiger partial charge in [-0.15, -0.1) is 0 Å². The minimum absolute atomic E-state index is 0.169. The number of aliphatic hydroxyl groups is 1. The number of hydrogen-bond acceptors (Lipinski definition) is 7. The quantitative estimate of drug-likeness (QED) is 0.764. The fourth-order valence-corrected chi connectivity index (χ4v) is 4.49. The molecule has 1 aromatic rings. The van der Waals surface area contributed by atoms with Gasteiger partial charge in [0.2, 0.25) is 0 Å². The van der Waals surface area contributed by atoms with Gasteiger partial charge in [0.15, 0.2) is 5.76 Å². The summed E-state index contributed by atoms with van der Waals surface area (Å²) >= 11 is 0. The largest absolute Gasteiger partial charge is 0.465 e. The first kappa shape index (κ1) is 19.3. The van der Waals surface area contributed by atoms with Gasteiger partial charge in [-0.05, 0) is 58.2 Å².